The summed E-state index contributed by atoms with van der Waals surface area (Å²) < 4.78 is 5.70. The summed E-state index contributed by atoms with van der Waals surface area (Å²) in [6, 6.07) is 6.58. The van der Waals surface area contributed by atoms with E-state index >= 15 is 0 Å². The molecule has 29 heavy (non-hydrogen) atoms. The van der Waals surface area contributed by atoms with Crippen molar-refractivity contribution in [1.29, 1.82) is 0 Å². The molecule has 0 bridgehead atoms. The van der Waals surface area contributed by atoms with Gasteiger partial charge in [-0.1, -0.05) is 37.2 Å². The summed E-state index contributed by atoms with van der Waals surface area (Å²) in [7, 11) is 3.10. The maximum absolute atomic E-state index is 12.5. The van der Waals surface area contributed by atoms with Crippen LogP contribution in [0.5, 0.6) is 10.9 Å². The lowest BCUT2D eigenvalue weighted by atomic mass is 9.98. The molecule has 0 radical (unpaired) electrons. The number of carbonyl (C=O) groups excluding carboxylic acids is 3. The quantitative estimate of drug-likeness (QED) is 0.764. The fourth-order valence-corrected chi connectivity index (χ4v) is 3.48. The Labute approximate surface area is 172 Å². The van der Waals surface area contributed by atoms with Crippen LogP contribution in [0.2, 0.25) is 0 Å². The molecular weight excluding hydrogens is 394 g/mol. The van der Waals surface area contributed by atoms with Crippen LogP contribution in [0.4, 0.5) is 5.69 Å². The van der Waals surface area contributed by atoms with E-state index < -0.39 is 23.6 Å². The number of hydrogen-bond donors (Lipinski definition) is 1. The predicted octanol–water partition coefficient (Wildman–Crippen LogP) is 2.07. The topological polar surface area (TPSA) is 105 Å². The van der Waals surface area contributed by atoms with E-state index in [1.165, 1.54) is 21.1 Å². The monoisotopic (exact) mass is 417 g/mol. The Balaban J connectivity index is 1.66. The van der Waals surface area contributed by atoms with Gasteiger partial charge in [0.2, 0.25) is 17.7 Å². The van der Waals surface area contributed by atoms with Crippen LogP contribution in [0, 0.1) is 5.92 Å². The first-order valence-electron chi connectivity index (χ1n) is 8.99. The maximum Gasteiger partial charge on any atom is 0.299 e. The number of ether oxygens (including phenoxy) is 1. The number of benzene rings is 1. The predicted molar refractivity (Wildman–Crippen MR) is 108 cm³/mol. The number of carbonyl (C=O) groups is 3. The minimum absolute atomic E-state index is 0.108. The third-order valence-electron chi connectivity index (χ3n) is 4.31. The Hall–Kier alpha value is -3.01. The standard InChI is InChI=1S/C19H23N5O4S/c1-19(2,3)17-21-22-18(29-17)28-12-8-6-11(7-9-12)20-14(25)13-15(26)23(4)10-24(5)16(13)27/h6-9,13H,10H2,1-5H3,(H,20,25). The zero-order valence-electron chi connectivity index (χ0n) is 16.9. The van der Waals surface area contributed by atoms with Crippen LogP contribution >= 0.6 is 11.3 Å². The summed E-state index contributed by atoms with van der Waals surface area (Å²) in [5, 5.41) is 12.1. The molecule has 1 N–H and O–H groups in total. The average Bonchev–Trinajstić information content (AvgIpc) is 3.11. The van der Waals surface area contributed by atoms with Crippen LogP contribution in [0.3, 0.4) is 0 Å². The zero-order chi connectivity index (χ0) is 21.3. The van der Waals surface area contributed by atoms with Gasteiger partial charge in [0.15, 0.2) is 5.92 Å². The van der Waals surface area contributed by atoms with Crippen molar-refractivity contribution in [3.05, 3.63) is 29.3 Å². The fourth-order valence-electron chi connectivity index (χ4n) is 2.70. The highest BCUT2D eigenvalue weighted by molar-refractivity contribution is 7.13. The van der Waals surface area contributed by atoms with Crippen molar-refractivity contribution in [2.24, 2.45) is 5.92 Å². The molecule has 154 valence electrons. The van der Waals surface area contributed by atoms with Gasteiger partial charge in [-0.2, -0.15) is 0 Å². The first-order chi connectivity index (χ1) is 13.6. The summed E-state index contributed by atoms with van der Waals surface area (Å²) in [6.07, 6.45) is 0. The molecule has 0 aliphatic carbocycles. The Morgan fingerprint density at radius 3 is 2.21 bits per heavy atom. The molecule has 2 aromatic rings. The summed E-state index contributed by atoms with van der Waals surface area (Å²) in [5.74, 6) is -2.55. The molecule has 1 aliphatic rings. The number of anilines is 1. The molecule has 2 heterocycles. The van der Waals surface area contributed by atoms with Crippen molar-refractivity contribution in [3.8, 4) is 10.9 Å². The third kappa shape index (κ3) is 4.53. The molecule has 9 nitrogen and oxygen atoms in total. The molecule has 0 spiro atoms. The first kappa shape index (κ1) is 20.7. The zero-order valence-corrected chi connectivity index (χ0v) is 17.7. The van der Waals surface area contributed by atoms with Crippen LogP contribution in [0.25, 0.3) is 0 Å². The van der Waals surface area contributed by atoms with E-state index in [2.05, 4.69) is 15.5 Å². The maximum atomic E-state index is 12.5. The van der Waals surface area contributed by atoms with Gasteiger partial charge in [0.05, 0.1) is 6.67 Å². The van der Waals surface area contributed by atoms with Gasteiger partial charge in [-0.05, 0) is 24.3 Å². The number of nitrogens with one attached hydrogen (secondary N) is 1. The van der Waals surface area contributed by atoms with E-state index in [-0.39, 0.29) is 12.1 Å². The molecule has 3 rings (SSSR count). The molecule has 1 fully saturated rings. The Morgan fingerprint density at radius 1 is 1.10 bits per heavy atom. The normalized spacial score (nSPS) is 15.6. The van der Waals surface area contributed by atoms with Gasteiger partial charge >= 0.3 is 0 Å². The molecular formula is C19H23N5O4S. The highest BCUT2D eigenvalue weighted by Crippen LogP contribution is 2.32. The van der Waals surface area contributed by atoms with Crippen molar-refractivity contribution in [1.82, 2.24) is 20.0 Å². The van der Waals surface area contributed by atoms with Gasteiger partial charge in [-0.3, -0.25) is 14.4 Å². The fraction of sp³-hybridized carbons (Fsp3) is 0.421. The van der Waals surface area contributed by atoms with E-state index in [0.29, 0.717) is 16.6 Å². The number of aromatic nitrogens is 2. The van der Waals surface area contributed by atoms with E-state index in [1.807, 2.05) is 20.8 Å². The number of amides is 3. The smallest absolute Gasteiger partial charge is 0.299 e. The highest BCUT2D eigenvalue weighted by Gasteiger charge is 2.42. The lowest BCUT2D eigenvalue weighted by Gasteiger charge is -2.34. The first-order valence-corrected chi connectivity index (χ1v) is 9.80. The third-order valence-corrected chi connectivity index (χ3v) is 5.53. The van der Waals surface area contributed by atoms with E-state index in [4.69, 9.17) is 4.74 Å². The van der Waals surface area contributed by atoms with Crippen molar-refractivity contribution in [3.63, 3.8) is 0 Å². The van der Waals surface area contributed by atoms with Gasteiger partial charge in [0.1, 0.15) is 10.8 Å². The molecule has 0 unspecified atom stereocenters. The summed E-state index contributed by atoms with van der Waals surface area (Å²) in [6.45, 7) is 6.31. The number of hydrogen-bond acceptors (Lipinski definition) is 7. The SMILES string of the molecule is CN1CN(C)C(=O)C(C(=O)Nc2ccc(Oc3nnc(C(C)(C)C)s3)cc2)C1=O. The summed E-state index contributed by atoms with van der Waals surface area (Å²) in [5.41, 5.74) is 0.343. The van der Waals surface area contributed by atoms with E-state index in [9.17, 15) is 14.4 Å². The van der Waals surface area contributed by atoms with Gasteiger partial charge in [0.25, 0.3) is 5.19 Å². The minimum Gasteiger partial charge on any atom is -0.430 e. The highest BCUT2D eigenvalue weighted by atomic mass is 32.1. The van der Waals surface area contributed by atoms with Crippen LogP contribution in [0.1, 0.15) is 25.8 Å². The summed E-state index contributed by atoms with van der Waals surface area (Å²) >= 11 is 1.37. The van der Waals surface area contributed by atoms with Gasteiger partial charge < -0.3 is 19.9 Å². The van der Waals surface area contributed by atoms with Crippen molar-refractivity contribution in [2.45, 2.75) is 26.2 Å². The molecule has 1 aliphatic heterocycles. The van der Waals surface area contributed by atoms with Crippen molar-refractivity contribution >= 4 is 34.7 Å². The second kappa shape index (κ2) is 7.78. The Morgan fingerprint density at radius 2 is 1.69 bits per heavy atom. The number of rotatable bonds is 4. The Kier molecular flexibility index (Phi) is 5.56. The van der Waals surface area contributed by atoms with E-state index in [0.717, 1.165) is 5.01 Å². The molecule has 10 heteroatoms. The van der Waals surface area contributed by atoms with Gasteiger partial charge in [-0.25, -0.2) is 0 Å². The molecule has 1 aromatic heterocycles. The molecule has 3 amide bonds. The average molecular weight is 417 g/mol. The minimum atomic E-state index is -1.38. The largest absolute Gasteiger partial charge is 0.430 e. The second-order valence-corrected chi connectivity index (χ2v) is 8.83. The van der Waals surface area contributed by atoms with Crippen molar-refractivity contribution < 1.29 is 19.1 Å². The van der Waals surface area contributed by atoms with E-state index in [1.54, 1.807) is 38.4 Å². The second-order valence-electron chi connectivity index (χ2n) is 7.89. The van der Waals surface area contributed by atoms with Crippen LogP contribution in [-0.2, 0) is 19.8 Å². The van der Waals surface area contributed by atoms with Crippen LogP contribution in [0.15, 0.2) is 24.3 Å². The van der Waals surface area contributed by atoms with Crippen molar-refractivity contribution in [2.75, 3.05) is 26.1 Å². The van der Waals surface area contributed by atoms with Gasteiger partial charge in [-0.15, -0.1) is 5.10 Å². The van der Waals surface area contributed by atoms with Gasteiger partial charge in [0, 0.05) is 25.2 Å². The summed E-state index contributed by atoms with van der Waals surface area (Å²) in [4.78, 5) is 39.6. The molecule has 1 aromatic carbocycles. The van der Waals surface area contributed by atoms with Crippen LogP contribution in [-0.4, -0.2) is 58.5 Å². The molecule has 0 atom stereocenters. The Bertz CT molecular complexity index is 915. The van der Waals surface area contributed by atoms with Crippen LogP contribution < -0.4 is 10.1 Å². The lowest BCUT2D eigenvalue weighted by molar-refractivity contribution is -0.158. The molecule has 0 saturated carbocycles. The molecule has 1 saturated heterocycles. The lowest BCUT2D eigenvalue weighted by Crippen LogP contribution is -2.57. The number of nitrogens with zero attached hydrogens (tertiary/aromatic N) is 4.